The van der Waals surface area contributed by atoms with Crippen LogP contribution in [0.25, 0.3) is 0 Å². The van der Waals surface area contributed by atoms with Crippen LogP contribution in [0.3, 0.4) is 0 Å². The average Bonchev–Trinajstić information content (AvgIpc) is 2.32. The van der Waals surface area contributed by atoms with Gasteiger partial charge in [-0.1, -0.05) is 18.9 Å². The molecule has 3 N–H and O–H groups in total. The summed E-state index contributed by atoms with van der Waals surface area (Å²) < 4.78 is 5.20. The van der Waals surface area contributed by atoms with Crippen molar-refractivity contribution in [3.8, 4) is 5.75 Å². The van der Waals surface area contributed by atoms with Crippen molar-refractivity contribution in [2.45, 2.75) is 37.8 Å². The lowest BCUT2D eigenvalue weighted by atomic mass is 9.91. The van der Waals surface area contributed by atoms with Gasteiger partial charge in [-0.2, -0.15) is 0 Å². The van der Waals surface area contributed by atoms with E-state index in [0.717, 1.165) is 17.9 Å². The number of methoxy groups -OCH3 is 1. The van der Waals surface area contributed by atoms with Crippen molar-refractivity contribution in [3.05, 3.63) is 24.3 Å². The Labute approximate surface area is 97.0 Å². The summed E-state index contributed by atoms with van der Waals surface area (Å²) in [5.41, 5.74) is 7.20. The van der Waals surface area contributed by atoms with E-state index < -0.39 is 0 Å². The summed E-state index contributed by atoms with van der Waals surface area (Å²) in [4.78, 5) is 0. The first-order chi connectivity index (χ1) is 7.79. The molecule has 1 fully saturated rings. The predicted octanol–water partition coefficient (Wildman–Crippen LogP) is 2.38. The van der Waals surface area contributed by atoms with Gasteiger partial charge in [0.1, 0.15) is 5.75 Å². The summed E-state index contributed by atoms with van der Waals surface area (Å²) in [6.07, 6.45) is 4.83. The third-order valence-corrected chi connectivity index (χ3v) is 3.24. The summed E-state index contributed by atoms with van der Waals surface area (Å²) in [5.74, 6) is 0.884. The van der Waals surface area contributed by atoms with Crippen molar-refractivity contribution in [3.63, 3.8) is 0 Å². The Hall–Kier alpha value is -1.22. The van der Waals surface area contributed by atoms with Gasteiger partial charge in [0.25, 0.3) is 0 Å². The third kappa shape index (κ3) is 2.67. The van der Waals surface area contributed by atoms with Gasteiger partial charge in [0, 0.05) is 23.8 Å². The molecule has 1 aromatic rings. The molecule has 3 heteroatoms. The molecule has 1 aliphatic carbocycles. The molecule has 1 aliphatic rings. The number of rotatable bonds is 3. The fourth-order valence-electron chi connectivity index (χ4n) is 2.27. The van der Waals surface area contributed by atoms with Crippen molar-refractivity contribution >= 4 is 5.69 Å². The highest BCUT2D eigenvalue weighted by Gasteiger charge is 2.21. The van der Waals surface area contributed by atoms with Crippen molar-refractivity contribution < 1.29 is 4.74 Å². The van der Waals surface area contributed by atoms with Gasteiger partial charge in [-0.25, -0.2) is 0 Å². The Morgan fingerprint density at radius 2 is 2.12 bits per heavy atom. The predicted molar refractivity (Wildman–Crippen MR) is 66.8 cm³/mol. The summed E-state index contributed by atoms with van der Waals surface area (Å²) in [7, 11) is 1.69. The van der Waals surface area contributed by atoms with Gasteiger partial charge in [-0.05, 0) is 25.0 Å². The fraction of sp³-hybridized carbons (Fsp3) is 0.538. The summed E-state index contributed by atoms with van der Waals surface area (Å²) in [5, 5.41) is 3.50. The minimum atomic E-state index is 0.278. The second-order valence-corrected chi connectivity index (χ2v) is 4.43. The van der Waals surface area contributed by atoms with E-state index in [2.05, 4.69) is 11.4 Å². The van der Waals surface area contributed by atoms with Crippen LogP contribution in [0, 0.1) is 0 Å². The Kier molecular flexibility index (Phi) is 3.67. The zero-order valence-electron chi connectivity index (χ0n) is 9.78. The molecule has 1 aromatic carbocycles. The number of benzene rings is 1. The topological polar surface area (TPSA) is 47.3 Å². The second-order valence-electron chi connectivity index (χ2n) is 4.43. The lowest BCUT2D eigenvalue weighted by Crippen LogP contribution is -2.42. The van der Waals surface area contributed by atoms with E-state index in [1.807, 2.05) is 18.2 Å². The van der Waals surface area contributed by atoms with Crippen LogP contribution in [0.4, 0.5) is 5.69 Å². The Bertz CT molecular complexity index is 340. The molecule has 0 unspecified atom stereocenters. The highest BCUT2D eigenvalue weighted by atomic mass is 16.5. The molecule has 0 amide bonds. The van der Waals surface area contributed by atoms with Crippen LogP contribution in [-0.2, 0) is 0 Å². The number of nitrogens with one attached hydrogen (secondary N) is 1. The second kappa shape index (κ2) is 5.21. The standard InChI is InChI=1S/C13H20N2O/c1-16-11-6-4-5-10(9-11)15-13-8-3-2-7-12(13)14/h4-6,9,12-13,15H,2-3,7-8,14H2,1H3/t12-,13+/m1/s1. The molecule has 1 saturated carbocycles. The van der Waals surface area contributed by atoms with E-state index in [-0.39, 0.29) is 6.04 Å². The molecular formula is C13H20N2O. The average molecular weight is 220 g/mol. The first-order valence-electron chi connectivity index (χ1n) is 5.96. The van der Waals surface area contributed by atoms with Gasteiger partial charge < -0.3 is 15.8 Å². The number of nitrogens with two attached hydrogens (primary N) is 1. The molecule has 16 heavy (non-hydrogen) atoms. The van der Waals surface area contributed by atoms with Crippen molar-refractivity contribution in [1.29, 1.82) is 0 Å². The molecule has 0 heterocycles. The van der Waals surface area contributed by atoms with Crippen LogP contribution in [0.5, 0.6) is 5.75 Å². The van der Waals surface area contributed by atoms with Gasteiger partial charge in [-0.3, -0.25) is 0 Å². The third-order valence-electron chi connectivity index (χ3n) is 3.24. The first kappa shape index (κ1) is 11.3. The molecule has 0 aliphatic heterocycles. The van der Waals surface area contributed by atoms with Gasteiger partial charge in [-0.15, -0.1) is 0 Å². The molecule has 88 valence electrons. The Morgan fingerprint density at radius 1 is 1.31 bits per heavy atom. The van der Waals surface area contributed by atoms with E-state index in [4.69, 9.17) is 10.5 Å². The molecule has 3 nitrogen and oxygen atoms in total. The lowest BCUT2D eigenvalue weighted by molar-refractivity contribution is 0.402. The molecule has 0 bridgehead atoms. The minimum absolute atomic E-state index is 0.278. The van der Waals surface area contributed by atoms with Crippen LogP contribution >= 0.6 is 0 Å². The number of ether oxygens (including phenoxy) is 1. The molecule has 0 radical (unpaired) electrons. The van der Waals surface area contributed by atoms with Crippen LogP contribution in [-0.4, -0.2) is 19.2 Å². The molecule has 0 saturated heterocycles. The maximum absolute atomic E-state index is 6.10. The van der Waals surface area contributed by atoms with Gasteiger partial charge in [0.15, 0.2) is 0 Å². The van der Waals surface area contributed by atoms with Crippen LogP contribution in [0.2, 0.25) is 0 Å². The maximum Gasteiger partial charge on any atom is 0.120 e. The molecule has 0 aromatic heterocycles. The van der Waals surface area contributed by atoms with Crippen LogP contribution in [0.1, 0.15) is 25.7 Å². The van der Waals surface area contributed by atoms with Crippen molar-refractivity contribution in [2.75, 3.05) is 12.4 Å². The lowest BCUT2D eigenvalue weighted by Gasteiger charge is -2.30. The minimum Gasteiger partial charge on any atom is -0.497 e. The monoisotopic (exact) mass is 220 g/mol. The van der Waals surface area contributed by atoms with Crippen LogP contribution in [0.15, 0.2) is 24.3 Å². The highest BCUT2D eigenvalue weighted by Crippen LogP contribution is 2.23. The zero-order valence-corrected chi connectivity index (χ0v) is 9.78. The largest absolute Gasteiger partial charge is 0.497 e. The summed E-state index contributed by atoms with van der Waals surface area (Å²) in [6.45, 7) is 0. The number of hydrogen-bond donors (Lipinski definition) is 2. The van der Waals surface area contributed by atoms with Gasteiger partial charge in [0.05, 0.1) is 7.11 Å². The highest BCUT2D eigenvalue weighted by molar-refractivity contribution is 5.49. The normalized spacial score (nSPS) is 25.1. The van der Waals surface area contributed by atoms with Gasteiger partial charge >= 0.3 is 0 Å². The first-order valence-corrected chi connectivity index (χ1v) is 5.96. The summed E-state index contributed by atoms with van der Waals surface area (Å²) in [6, 6.07) is 8.70. The van der Waals surface area contributed by atoms with Crippen molar-refractivity contribution in [1.82, 2.24) is 0 Å². The molecule has 0 spiro atoms. The Balaban J connectivity index is 2.01. The van der Waals surface area contributed by atoms with E-state index in [1.165, 1.54) is 19.3 Å². The molecule has 2 rings (SSSR count). The quantitative estimate of drug-likeness (QED) is 0.822. The number of hydrogen-bond acceptors (Lipinski definition) is 3. The fourth-order valence-corrected chi connectivity index (χ4v) is 2.27. The van der Waals surface area contributed by atoms with E-state index in [9.17, 15) is 0 Å². The zero-order chi connectivity index (χ0) is 11.4. The Morgan fingerprint density at radius 3 is 2.88 bits per heavy atom. The summed E-state index contributed by atoms with van der Waals surface area (Å²) >= 11 is 0. The molecule has 2 atom stereocenters. The smallest absolute Gasteiger partial charge is 0.120 e. The van der Waals surface area contributed by atoms with E-state index >= 15 is 0 Å². The van der Waals surface area contributed by atoms with E-state index in [0.29, 0.717) is 6.04 Å². The molecular weight excluding hydrogens is 200 g/mol. The van der Waals surface area contributed by atoms with Crippen molar-refractivity contribution in [2.24, 2.45) is 5.73 Å². The van der Waals surface area contributed by atoms with Crippen LogP contribution < -0.4 is 15.8 Å². The number of anilines is 1. The SMILES string of the molecule is COc1cccc(N[C@H]2CCCC[C@H]2N)c1. The van der Waals surface area contributed by atoms with E-state index in [1.54, 1.807) is 7.11 Å². The van der Waals surface area contributed by atoms with Gasteiger partial charge in [0.2, 0.25) is 0 Å². The maximum atomic E-state index is 6.10.